The molecule has 0 heterocycles. The number of likely N-dealkylation sites (N-methyl/N-ethyl adjacent to an activating group) is 1. The molecule has 1 aliphatic carbocycles. The Balaban J connectivity index is 2.37. The number of rotatable bonds is 3. The molecule has 0 bridgehead atoms. The Bertz CT molecular complexity index is 118. The molecule has 52 valence electrons. The third-order valence-corrected chi connectivity index (χ3v) is 1.84. The second kappa shape index (κ2) is 2.48. The van der Waals surface area contributed by atoms with Crippen molar-refractivity contribution in [2.45, 2.75) is 25.8 Å². The molecular weight excluding hydrogens is 114 g/mol. The van der Waals surface area contributed by atoms with Crippen LogP contribution in [0.2, 0.25) is 0 Å². The van der Waals surface area contributed by atoms with Crippen molar-refractivity contribution in [1.82, 2.24) is 5.32 Å². The van der Waals surface area contributed by atoms with Crippen LogP contribution in [0.15, 0.2) is 0 Å². The molecule has 0 unspecified atom stereocenters. The van der Waals surface area contributed by atoms with Crippen LogP contribution in [0.4, 0.5) is 0 Å². The molecule has 0 aromatic heterocycles. The molecule has 1 N–H and O–H groups in total. The number of hydrogen-bond acceptors (Lipinski definition) is 2. The molecule has 0 spiro atoms. The zero-order valence-electron chi connectivity index (χ0n) is 5.98. The molecule has 0 radical (unpaired) electrons. The molecule has 0 saturated heterocycles. The maximum atomic E-state index is 10.8. The summed E-state index contributed by atoms with van der Waals surface area (Å²) in [7, 11) is 1.85. The first kappa shape index (κ1) is 6.75. The SMILES string of the molecule is CN[C@H](C(C)=O)C1CC1. The summed E-state index contributed by atoms with van der Waals surface area (Å²) in [6.45, 7) is 1.65. The summed E-state index contributed by atoms with van der Waals surface area (Å²) in [4.78, 5) is 10.8. The maximum Gasteiger partial charge on any atom is 0.146 e. The first-order valence-electron chi connectivity index (χ1n) is 3.43. The van der Waals surface area contributed by atoms with Crippen LogP contribution in [0.3, 0.4) is 0 Å². The zero-order chi connectivity index (χ0) is 6.85. The molecule has 0 aromatic rings. The van der Waals surface area contributed by atoms with Gasteiger partial charge in [0.15, 0.2) is 0 Å². The van der Waals surface area contributed by atoms with Crippen molar-refractivity contribution in [2.24, 2.45) is 5.92 Å². The van der Waals surface area contributed by atoms with Crippen molar-refractivity contribution in [3.8, 4) is 0 Å². The van der Waals surface area contributed by atoms with Gasteiger partial charge in [-0.1, -0.05) is 0 Å². The molecule has 1 aliphatic rings. The molecule has 2 nitrogen and oxygen atoms in total. The average Bonchev–Trinajstić information content (AvgIpc) is 2.50. The molecule has 2 heteroatoms. The third kappa shape index (κ3) is 1.52. The lowest BCUT2D eigenvalue weighted by Gasteiger charge is -2.09. The highest BCUT2D eigenvalue weighted by atomic mass is 16.1. The van der Waals surface area contributed by atoms with Crippen molar-refractivity contribution in [3.05, 3.63) is 0 Å². The Hall–Kier alpha value is -0.370. The summed E-state index contributed by atoms with van der Waals surface area (Å²) in [5.41, 5.74) is 0. The molecule has 1 saturated carbocycles. The quantitative estimate of drug-likeness (QED) is 0.600. The highest BCUT2D eigenvalue weighted by molar-refractivity contribution is 5.82. The van der Waals surface area contributed by atoms with Gasteiger partial charge in [-0.3, -0.25) is 4.79 Å². The van der Waals surface area contributed by atoms with Crippen molar-refractivity contribution >= 4 is 5.78 Å². The summed E-state index contributed by atoms with van der Waals surface area (Å²) >= 11 is 0. The fourth-order valence-electron chi connectivity index (χ4n) is 1.20. The van der Waals surface area contributed by atoms with Crippen LogP contribution in [0.5, 0.6) is 0 Å². The monoisotopic (exact) mass is 127 g/mol. The van der Waals surface area contributed by atoms with Gasteiger partial charge >= 0.3 is 0 Å². The standard InChI is InChI=1S/C7H13NO/c1-5(9)7(8-2)6-3-4-6/h6-8H,3-4H2,1-2H3/t7-/m1/s1. The van der Waals surface area contributed by atoms with Gasteiger partial charge in [0.2, 0.25) is 0 Å². The number of nitrogens with one attached hydrogen (secondary N) is 1. The fraction of sp³-hybridized carbons (Fsp3) is 0.857. The van der Waals surface area contributed by atoms with E-state index in [0.717, 1.165) is 0 Å². The Morgan fingerprint density at radius 3 is 2.33 bits per heavy atom. The number of hydrogen-bond donors (Lipinski definition) is 1. The number of carbonyl (C=O) groups excluding carboxylic acids is 1. The van der Waals surface area contributed by atoms with Gasteiger partial charge in [0.25, 0.3) is 0 Å². The van der Waals surface area contributed by atoms with Crippen LogP contribution in [0, 0.1) is 5.92 Å². The van der Waals surface area contributed by atoms with Gasteiger partial charge in [0, 0.05) is 0 Å². The minimum absolute atomic E-state index is 0.144. The smallest absolute Gasteiger partial charge is 0.146 e. The molecule has 0 amide bonds. The van der Waals surface area contributed by atoms with E-state index in [2.05, 4.69) is 5.32 Å². The van der Waals surface area contributed by atoms with Crippen LogP contribution in [0.1, 0.15) is 19.8 Å². The first-order chi connectivity index (χ1) is 4.25. The van der Waals surface area contributed by atoms with Crippen molar-refractivity contribution in [2.75, 3.05) is 7.05 Å². The third-order valence-electron chi connectivity index (χ3n) is 1.84. The van der Waals surface area contributed by atoms with Gasteiger partial charge in [-0.15, -0.1) is 0 Å². The Morgan fingerprint density at radius 2 is 2.22 bits per heavy atom. The molecule has 1 fully saturated rings. The van der Waals surface area contributed by atoms with Crippen LogP contribution in [-0.4, -0.2) is 18.9 Å². The maximum absolute atomic E-state index is 10.8. The largest absolute Gasteiger partial charge is 0.310 e. The molecule has 9 heavy (non-hydrogen) atoms. The summed E-state index contributed by atoms with van der Waals surface area (Å²) in [6.07, 6.45) is 2.45. The van der Waals surface area contributed by atoms with Crippen molar-refractivity contribution in [3.63, 3.8) is 0 Å². The van der Waals surface area contributed by atoms with E-state index in [-0.39, 0.29) is 11.8 Å². The van der Waals surface area contributed by atoms with Crippen molar-refractivity contribution in [1.29, 1.82) is 0 Å². The molecule has 0 aliphatic heterocycles. The average molecular weight is 127 g/mol. The van der Waals surface area contributed by atoms with Crippen LogP contribution < -0.4 is 5.32 Å². The lowest BCUT2D eigenvalue weighted by Crippen LogP contribution is -2.34. The van der Waals surface area contributed by atoms with Crippen molar-refractivity contribution < 1.29 is 4.79 Å². The van der Waals surface area contributed by atoms with Gasteiger partial charge in [-0.2, -0.15) is 0 Å². The van der Waals surface area contributed by atoms with Gasteiger partial charge in [-0.25, -0.2) is 0 Å². The van der Waals surface area contributed by atoms with E-state index < -0.39 is 0 Å². The Morgan fingerprint density at radius 1 is 1.67 bits per heavy atom. The fourth-order valence-corrected chi connectivity index (χ4v) is 1.20. The zero-order valence-corrected chi connectivity index (χ0v) is 5.98. The predicted molar refractivity (Wildman–Crippen MR) is 36.3 cm³/mol. The lowest BCUT2D eigenvalue weighted by atomic mass is 10.1. The molecular formula is C7H13NO. The topological polar surface area (TPSA) is 29.1 Å². The van der Waals surface area contributed by atoms with Gasteiger partial charge in [0.05, 0.1) is 6.04 Å². The van der Waals surface area contributed by atoms with Crippen LogP contribution in [0.25, 0.3) is 0 Å². The second-order valence-corrected chi connectivity index (χ2v) is 2.71. The molecule has 1 atom stereocenters. The second-order valence-electron chi connectivity index (χ2n) is 2.71. The summed E-state index contributed by atoms with van der Waals surface area (Å²) < 4.78 is 0. The van der Waals surface area contributed by atoms with Crippen LogP contribution >= 0.6 is 0 Å². The van der Waals surface area contributed by atoms with E-state index >= 15 is 0 Å². The minimum atomic E-state index is 0.144. The highest BCUT2D eigenvalue weighted by Crippen LogP contribution is 2.32. The van der Waals surface area contributed by atoms with E-state index in [4.69, 9.17) is 0 Å². The number of Topliss-reactive ketones (excluding diaryl/α,β-unsaturated/α-hetero) is 1. The van der Waals surface area contributed by atoms with Gasteiger partial charge < -0.3 is 5.32 Å². The Labute approximate surface area is 55.6 Å². The number of ketones is 1. The van der Waals surface area contributed by atoms with E-state index in [1.54, 1.807) is 6.92 Å². The van der Waals surface area contributed by atoms with E-state index in [1.165, 1.54) is 12.8 Å². The van der Waals surface area contributed by atoms with E-state index in [0.29, 0.717) is 5.92 Å². The minimum Gasteiger partial charge on any atom is -0.310 e. The highest BCUT2D eigenvalue weighted by Gasteiger charge is 2.32. The van der Waals surface area contributed by atoms with Gasteiger partial charge in [-0.05, 0) is 32.7 Å². The molecule has 1 rings (SSSR count). The summed E-state index contributed by atoms with van der Waals surface area (Å²) in [5.74, 6) is 0.924. The Kier molecular flexibility index (Phi) is 1.86. The first-order valence-corrected chi connectivity index (χ1v) is 3.43. The van der Waals surface area contributed by atoms with E-state index in [1.807, 2.05) is 7.05 Å². The van der Waals surface area contributed by atoms with Gasteiger partial charge in [0.1, 0.15) is 5.78 Å². The number of carbonyl (C=O) groups is 1. The normalized spacial score (nSPS) is 21.6. The lowest BCUT2D eigenvalue weighted by molar-refractivity contribution is -0.119. The molecule has 0 aromatic carbocycles. The van der Waals surface area contributed by atoms with E-state index in [9.17, 15) is 4.79 Å². The summed E-state index contributed by atoms with van der Waals surface area (Å²) in [5, 5.41) is 3.01. The summed E-state index contributed by atoms with van der Waals surface area (Å²) in [6, 6.07) is 0.144. The van der Waals surface area contributed by atoms with Crippen LogP contribution in [-0.2, 0) is 4.79 Å². The predicted octanol–water partition coefficient (Wildman–Crippen LogP) is 0.573.